The summed E-state index contributed by atoms with van der Waals surface area (Å²) in [5, 5.41) is 72.3. The van der Waals surface area contributed by atoms with Gasteiger partial charge in [-0.1, -0.05) is 27.7 Å². The SMILES string of the molecule is CCC(C)C(=O)O[C@H]1[C@H](O)[C@H]2[C@@H](CN3C[C@@H](C)CC[C@H]3[C@@]2(C)O)[C@@H]2C[C@]34O[C@]5(O)[C@@H](OC(=O)C(C)(O)C(C)O)CC[C@@]3(C)[C@@H]5C[C@@H](OC(C)=O)[C@H]4[C@@]21O. The first-order valence-corrected chi connectivity index (χ1v) is 19.8. The summed E-state index contributed by atoms with van der Waals surface area (Å²) in [4.78, 5) is 42.0. The number of rotatable bonds is 7. The Morgan fingerprint density at radius 1 is 1.04 bits per heavy atom. The van der Waals surface area contributed by atoms with E-state index in [-0.39, 0.29) is 25.3 Å². The first-order chi connectivity index (χ1) is 24.5. The van der Waals surface area contributed by atoms with Gasteiger partial charge in [-0.25, -0.2) is 4.79 Å². The van der Waals surface area contributed by atoms with Crippen LogP contribution in [0.4, 0.5) is 0 Å². The number of carbonyl (C=O) groups is 3. The number of aliphatic hydroxyl groups excluding tert-OH is 2. The van der Waals surface area contributed by atoms with E-state index < -0.39 is 118 Å². The Kier molecular flexibility index (Phi) is 9.31. The maximum Gasteiger partial charge on any atom is 0.341 e. The van der Waals surface area contributed by atoms with Crippen LogP contribution in [0.5, 0.6) is 0 Å². The van der Waals surface area contributed by atoms with Crippen molar-refractivity contribution in [3.05, 3.63) is 0 Å². The van der Waals surface area contributed by atoms with Crippen molar-refractivity contribution in [3.63, 3.8) is 0 Å². The fraction of sp³-hybridized carbons (Fsp3) is 0.923. The molecule has 300 valence electrons. The highest BCUT2D eigenvalue weighted by atomic mass is 16.7. The smallest absolute Gasteiger partial charge is 0.341 e. The van der Waals surface area contributed by atoms with Gasteiger partial charge in [0.05, 0.1) is 35.2 Å². The van der Waals surface area contributed by atoms with Crippen molar-refractivity contribution in [1.29, 1.82) is 0 Å². The van der Waals surface area contributed by atoms with Crippen LogP contribution in [0.25, 0.3) is 0 Å². The molecule has 7 fully saturated rings. The van der Waals surface area contributed by atoms with Crippen molar-refractivity contribution < 1.29 is 64.0 Å². The lowest BCUT2D eigenvalue weighted by Gasteiger charge is -2.64. The zero-order valence-electron chi connectivity index (χ0n) is 32.4. The molecular weight excluding hydrogens is 690 g/mol. The molecule has 1 spiro atoms. The molecule has 4 bridgehead atoms. The summed E-state index contributed by atoms with van der Waals surface area (Å²) in [7, 11) is 0. The molecule has 4 saturated carbocycles. The number of esters is 3. The first kappa shape index (κ1) is 39.3. The number of carbonyl (C=O) groups excluding carboxylic acids is 3. The third kappa shape index (κ3) is 5.21. The zero-order valence-corrected chi connectivity index (χ0v) is 32.4. The lowest BCUT2D eigenvalue weighted by Crippen LogP contribution is -2.77. The van der Waals surface area contributed by atoms with Crippen LogP contribution in [0.3, 0.4) is 0 Å². The van der Waals surface area contributed by atoms with Gasteiger partial charge in [0.25, 0.3) is 0 Å². The van der Waals surface area contributed by atoms with Gasteiger partial charge in [-0.05, 0) is 83.5 Å². The Morgan fingerprint density at radius 2 is 1.72 bits per heavy atom. The van der Waals surface area contributed by atoms with Crippen LogP contribution in [0.2, 0.25) is 0 Å². The molecule has 0 aromatic heterocycles. The van der Waals surface area contributed by atoms with Crippen LogP contribution in [0.1, 0.15) is 100 Å². The summed E-state index contributed by atoms with van der Waals surface area (Å²) >= 11 is 0. The predicted octanol–water partition coefficient (Wildman–Crippen LogP) is 1.04. The van der Waals surface area contributed by atoms with Crippen LogP contribution < -0.4 is 0 Å². The van der Waals surface area contributed by atoms with E-state index in [1.807, 2.05) is 13.8 Å². The third-order valence-corrected chi connectivity index (χ3v) is 15.8. The number of hydrogen-bond acceptors (Lipinski definition) is 14. The van der Waals surface area contributed by atoms with Crippen molar-refractivity contribution in [2.45, 2.75) is 165 Å². The van der Waals surface area contributed by atoms with Gasteiger partial charge in [-0.3, -0.25) is 14.5 Å². The van der Waals surface area contributed by atoms with Gasteiger partial charge >= 0.3 is 17.9 Å². The monoisotopic (exact) mass is 751 g/mol. The van der Waals surface area contributed by atoms with Crippen molar-refractivity contribution in [2.75, 3.05) is 13.1 Å². The molecule has 3 saturated heterocycles. The molecule has 53 heavy (non-hydrogen) atoms. The normalized spacial score (nSPS) is 52.1. The van der Waals surface area contributed by atoms with Crippen molar-refractivity contribution in [1.82, 2.24) is 4.90 Å². The highest BCUT2D eigenvalue weighted by Gasteiger charge is 2.88. The standard InChI is InChI=1S/C39H61NO13/c1-9-19(3)32(44)52-31-29(43)28-22(17-40-16-18(2)10-11-26(40)36(28,8)47)23-15-37-30(38(23,31)48)24(50-21(5)42)14-25-34(37,6)13-12-27(39(25,49)53-37)51-33(45)35(7,46)20(4)41/h18-20,22-31,41,43,46-49H,9-17H2,1-8H3/t18-,19?,20?,22-,23-,24+,25-,26-,27-,28+,29+,30+,31-,34-,35?,36+,37+,38-,39-/m0/s1. The second kappa shape index (κ2) is 12.5. The quantitative estimate of drug-likeness (QED) is 0.159. The molecule has 3 unspecified atom stereocenters. The van der Waals surface area contributed by atoms with Gasteiger partial charge in [0, 0.05) is 43.3 Å². The molecule has 3 aliphatic heterocycles. The Morgan fingerprint density at radius 3 is 2.34 bits per heavy atom. The van der Waals surface area contributed by atoms with Gasteiger partial charge in [0.15, 0.2) is 17.8 Å². The number of aliphatic hydroxyl groups is 6. The van der Waals surface area contributed by atoms with Crippen LogP contribution >= 0.6 is 0 Å². The third-order valence-electron chi connectivity index (χ3n) is 15.8. The fourth-order valence-corrected chi connectivity index (χ4v) is 12.8. The molecule has 14 nitrogen and oxygen atoms in total. The molecule has 3 heterocycles. The average molecular weight is 752 g/mol. The van der Waals surface area contributed by atoms with Gasteiger partial charge < -0.3 is 49.6 Å². The largest absolute Gasteiger partial charge is 0.462 e. The molecule has 6 N–H and O–H groups in total. The zero-order chi connectivity index (χ0) is 39.0. The van der Waals surface area contributed by atoms with Crippen LogP contribution in [-0.4, -0.2) is 131 Å². The van der Waals surface area contributed by atoms with E-state index in [1.165, 1.54) is 13.8 Å². The molecule has 14 heteroatoms. The topological polar surface area (TPSA) is 213 Å². The number of fused-ring (bicyclic) bond motifs is 5. The van der Waals surface area contributed by atoms with E-state index in [9.17, 15) is 45.0 Å². The Bertz CT molecular complexity index is 1500. The molecule has 19 atom stereocenters. The van der Waals surface area contributed by atoms with Gasteiger partial charge in [-0.2, -0.15) is 0 Å². The van der Waals surface area contributed by atoms with Crippen molar-refractivity contribution in [2.24, 2.45) is 46.8 Å². The number of piperidine rings is 2. The van der Waals surface area contributed by atoms with E-state index in [0.717, 1.165) is 26.3 Å². The van der Waals surface area contributed by atoms with E-state index >= 15 is 0 Å². The number of hydrogen-bond donors (Lipinski definition) is 6. The molecule has 0 amide bonds. The summed E-state index contributed by atoms with van der Waals surface area (Å²) in [6, 6.07) is -0.263. The maximum absolute atomic E-state index is 13.7. The second-order valence-corrected chi connectivity index (χ2v) is 18.8. The summed E-state index contributed by atoms with van der Waals surface area (Å²) in [6.45, 7) is 14.2. The summed E-state index contributed by atoms with van der Waals surface area (Å²) in [6.07, 6.45) is -4.20. The van der Waals surface area contributed by atoms with E-state index in [4.69, 9.17) is 18.9 Å². The van der Waals surface area contributed by atoms with Crippen LogP contribution in [0.15, 0.2) is 0 Å². The van der Waals surface area contributed by atoms with E-state index in [2.05, 4.69) is 11.8 Å². The molecule has 7 rings (SSSR count). The summed E-state index contributed by atoms with van der Waals surface area (Å²) < 4.78 is 25.0. The van der Waals surface area contributed by atoms with Gasteiger partial charge in [0.2, 0.25) is 5.79 Å². The maximum atomic E-state index is 13.7. The Balaban J connectivity index is 1.38. The lowest BCUT2D eigenvalue weighted by molar-refractivity contribution is -0.301. The predicted molar refractivity (Wildman–Crippen MR) is 185 cm³/mol. The number of nitrogens with zero attached hydrogens (tertiary/aromatic N) is 1. The minimum atomic E-state index is -2.27. The minimum Gasteiger partial charge on any atom is -0.462 e. The molecule has 0 radical (unpaired) electrons. The van der Waals surface area contributed by atoms with E-state index in [1.54, 1.807) is 13.8 Å². The summed E-state index contributed by atoms with van der Waals surface area (Å²) in [5.74, 6) is -8.68. The molecular formula is C39H61NO13. The van der Waals surface area contributed by atoms with Crippen LogP contribution in [-0.2, 0) is 33.3 Å². The second-order valence-electron chi connectivity index (χ2n) is 18.8. The highest BCUT2D eigenvalue weighted by Crippen LogP contribution is 2.77. The first-order valence-electron chi connectivity index (χ1n) is 19.8. The average Bonchev–Trinajstić information content (AvgIpc) is 3.34. The fourth-order valence-electron chi connectivity index (χ4n) is 12.8. The molecule has 7 aliphatic rings. The minimum absolute atomic E-state index is 0.00543. The van der Waals surface area contributed by atoms with E-state index in [0.29, 0.717) is 25.3 Å². The van der Waals surface area contributed by atoms with Crippen LogP contribution in [0, 0.1) is 46.8 Å². The van der Waals surface area contributed by atoms with Gasteiger partial charge in [0.1, 0.15) is 11.7 Å². The molecule has 4 aliphatic carbocycles. The molecule has 0 aromatic carbocycles. The highest BCUT2D eigenvalue weighted by molar-refractivity contribution is 5.79. The van der Waals surface area contributed by atoms with Crippen molar-refractivity contribution >= 4 is 17.9 Å². The summed E-state index contributed by atoms with van der Waals surface area (Å²) in [5.41, 5.74) is -8.08. The van der Waals surface area contributed by atoms with Gasteiger partial charge in [-0.15, -0.1) is 0 Å². The van der Waals surface area contributed by atoms with Crippen molar-refractivity contribution in [3.8, 4) is 0 Å². The Hall–Kier alpha value is -1.91. The lowest BCUT2D eigenvalue weighted by atomic mass is 9.49. The Labute approximate surface area is 311 Å². The molecule has 0 aromatic rings. The number of ether oxygens (including phenoxy) is 4.